The molecule has 0 radical (unpaired) electrons. The molecule has 0 unspecified atom stereocenters. The van der Waals surface area contributed by atoms with Gasteiger partial charge in [-0.1, -0.05) is 0 Å². The molecule has 0 fully saturated rings. The summed E-state index contributed by atoms with van der Waals surface area (Å²) >= 11 is 3.18. The molecular weight excluding hydrogens is 184 g/mol. The smallest absolute Gasteiger partial charge is 0.118 e. The lowest BCUT2D eigenvalue weighted by Gasteiger charge is -2.18. The Morgan fingerprint density at radius 1 is 1.67 bits per heavy atom. The maximum atomic E-state index is 5.39. The van der Waals surface area contributed by atoms with Gasteiger partial charge in [0.2, 0.25) is 0 Å². The monoisotopic (exact) mass is 190 g/mol. The molecule has 0 aromatic rings. The second-order valence-electron chi connectivity index (χ2n) is 1.60. The zero-order chi connectivity index (χ0) is 6.85. The van der Waals surface area contributed by atoms with E-state index in [0.717, 1.165) is 4.61 Å². The average Bonchev–Trinajstić information content (AvgIpc) is 1.80. The van der Waals surface area contributed by atoms with Gasteiger partial charge < -0.3 is 11.1 Å². The largest absolute Gasteiger partial charge is 0.384 e. The topological polar surface area (TPSA) is 67.3 Å². The molecule has 0 aliphatic carbocycles. The lowest BCUT2D eigenvalue weighted by molar-refractivity contribution is 0.506. The van der Waals surface area contributed by atoms with Crippen LogP contribution >= 0.6 is 15.9 Å². The van der Waals surface area contributed by atoms with Gasteiger partial charge in [0.25, 0.3) is 0 Å². The van der Waals surface area contributed by atoms with Crippen molar-refractivity contribution >= 4 is 15.9 Å². The Morgan fingerprint density at radius 3 is 2.78 bits per heavy atom. The van der Waals surface area contributed by atoms with E-state index in [-0.39, 0.29) is 0 Å². The van der Waals surface area contributed by atoms with Crippen molar-refractivity contribution in [3.63, 3.8) is 0 Å². The summed E-state index contributed by atoms with van der Waals surface area (Å²) in [4.78, 5) is 0. The van der Waals surface area contributed by atoms with Crippen LogP contribution in [0.4, 0.5) is 0 Å². The lowest BCUT2D eigenvalue weighted by atomic mass is 10.6. The predicted molar refractivity (Wildman–Crippen MR) is 38.4 cm³/mol. The van der Waals surface area contributed by atoms with E-state index in [2.05, 4.69) is 21.2 Å². The Balaban J connectivity index is 2.70. The van der Waals surface area contributed by atoms with Gasteiger partial charge in [-0.25, -0.2) is 5.84 Å². The maximum absolute atomic E-state index is 5.39. The number of nitrogens with one attached hydrogen (secondary N) is 1. The van der Waals surface area contributed by atoms with Gasteiger partial charge in [0.1, 0.15) is 10.4 Å². The number of nitrogens with zero attached hydrogens (tertiary/aromatic N) is 1. The molecule has 0 aromatic carbocycles. The van der Waals surface area contributed by atoms with Crippen LogP contribution in [0.3, 0.4) is 0 Å². The molecule has 5 heteroatoms. The number of hydrogen-bond donors (Lipinski definition) is 3. The van der Waals surface area contributed by atoms with Crippen LogP contribution < -0.4 is 16.9 Å². The molecule has 0 saturated heterocycles. The summed E-state index contributed by atoms with van der Waals surface area (Å²) in [5.74, 6) is 5.92. The van der Waals surface area contributed by atoms with Crippen LogP contribution in [0.5, 0.6) is 0 Å². The summed E-state index contributed by atoms with van der Waals surface area (Å²) < 4.78 is 0.747. The van der Waals surface area contributed by atoms with Gasteiger partial charge in [0.15, 0.2) is 0 Å². The van der Waals surface area contributed by atoms with E-state index in [0.29, 0.717) is 5.82 Å². The summed E-state index contributed by atoms with van der Waals surface area (Å²) in [7, 11) is 0. The van der Waals surface area contributed by atoms with Crippen LogP contribution in [0.15, 0.2) is 22.8 Å². The standard InChI is InChI=1S/C4H7BrN4/c5-3-1-8-4(6)2-9(3)7/h1-2,8H,6-7H2. The average molecular weight is 191 g/mol. The quantitative estimate of drug-likeness (QED) is 0.363. The Morgan fingerprint density at radius 2 is 2.33 bits per heavy atom. The fraction of sp³-hybridized carbons (Fsp3) is 0. The first-order chi connectivity index (χ1) is 4.20. The Kier molecular flexibility index (Phi) is 1.63. The molecule has 50 valence electrons. The van der Waals surface area contributed by atoms with Crippen LogP contribution in [0.2, 0.25) is 0 Å². The van der Waals surface area contributed by atoms with Gasteiger partial charge in [-0.15, -0.1) is 0 Å². The van der Waals surface area contributed by atoms with Gasteiger partial charge in [-0.05, 0) is 15.9 Å². The molecule has 0 bridgehead atoms. The van der Waals surface area contributed by atoms with E-state index < -0.39 is 0 Å². The highest BCUT2D eigenvalue weighted by atomic mass is 79.9. The van der Waals surface area contributed by atoms with Crippen molar-refractivity contribution in [2.24, 2.45) is 11.6 Å². The van der Waals surface area contributed by atoms with Gasteiger partial charge >= 0.3 is 0 Å². The van der Waals surface area contributed by atoms with Gasteiger partial charge in [0.05, 0.1) is 6.20 Å². The summed E-state index contributed by atoms with van der Waals surface area (Å²) in [6, 6.07) is 0. The van der Waals surface area contributed by atoms with Crippen molar-refractivity contribution in [3.8, 4) is 0 Å². The minimum absolute atomic E-state index is 0.528. The van der Waals surface area contributed by atoms with E-state index >= 15 is 0 Å². The first-order valence-corrected chi connectivity index (χ1v) is 3.13. The van der Waals surface area contributed by atoms with Crippen molar-refractivity contribution < 1.29 is 0 Å². The molecule has 1 rings (SSSR count). The maximum Gasteiger partial charge on any atom is 0.118 e. The Hall–Kier alpha value is -0.680. The molecular formula is C4H7BrN4. The summed E-state index contributed by atoms with van der Waals surface area (Å²) in [5.41, 5.74) is 5.35. The summed E-state index contributed by atoms with van der Waals surface area (Å²) in [6.45, 7) is 0. The molecule has 1 aliphatic heterocycles. The molecule has 0 saturated carbocycles. The fourth-order valence-electron chi connectivity index (χ4n) is 0.466. The highest BCUT2D eigenvalue weighted by molar-refractivity contribution is 9.11. The van der Waals surface area contributed by atoms with E-state index in [1.165, 1.54) is 5.01 Å². The third kappa shape index (κ3) is 1.36. The summed E-state index contributed by atoms with van der Waals surface area (Å²) in [5, 5.41) is 4.15. The SMILES string of the molecule is NC1=CN(N)C(Br)=CN1. The van der Waals surface area contributed by atoms with Crippen molar-refractivity contribution in [1.82, 2.24) is 10.3 Å². The highest BCUT2D eigenvalue weighted by Gasteiger charge is 2.03. The van der Waals surface area contributed by atoms with Crippen LogP contribution in [0, 0.1) is 0 Å². The van der Waals surface area contributed by atoms with E-state index in [1.807, 2.05) is 0 Å². The molecule has 0 aromatic heterocycles. The number of hydrogen-bond acceptors (Lipinski definition) is 4. The van der Waals surface area contributed by atoms with Crippen LogP contribution in [-0.4, -0.2) is 5.01 Å². The van der Waals surface area contributed by atoms with Crippen LogP contribution in [0.1, 0.15) is 0 Å². The second kappa shape index (κ2) is 2.28. The van der Waals surface area contributed by atoms with Crippen molar-refractivity contribution in [1.29, 1.82) is 0 Å². The van der Waals surface area contributed by atoms with E-state index in [1.54, 1.807) is 12.4 Å². The van der Waals surface area contributed by atoms with Crippen LogP contribution in [-0.2, 0) is 0 Å². The normalized spacial score (nSPS) is 18.2. The zero-order valence-electron chi connectivity index (χ0n) is 4.63. The third-order valence-corrected chi connectivity index (χ3v) is 1.52. The number of halogens is 1. The van der Waals surface area contributed by atoms with Gasteiger partial charge in [-0.2, -0.15) is 0 Å². The molecule has 0 amide bonds. The Labute approximate surface area is 61.3 Å². The van der Waals surface area contributed by atoms with Gasteiger partial charge in [-0.3, -0.25) is 5.01 Å². The minimum Gasteiger partial charge on any atom is -0.384 e. The number of nitrogens with two attached hydrogens (primary N) is 2. The second-order valence-corrected chi connectivity index (χ2v) is 2.42. The molecule has 0 spiro atoms. The highest BCUT2D eigenvalue weighted by Crippen LogP contribution is 2.10. The van der Waals surface area contributed by atoms with E-state index in [4.69, 9.17) is 11.6 Å². The lowest BCUT2D eigenvalue weighted by Crippen LogP contribution is -2.31. The first kappa shape index (κ1) is 6.44. The summed E-state index contributed by atoms with van der Waals surface area (Å²) in [6.07, 6.45) is 3.24. The first-order valence-electron chi connectivity index (χ1n) is 2.33. The Bertz CT molecular complexity index is 173. The fourth-order valence-corrected chi connectivity index (χ4v) is 0.683. The molecule has 1 heterocycles. The molecule has 1 aliphatic rings. The van der Waals surface area contributed by atoms with Gasteiger partial charge in [0, 0.05) is 6.20 Å². The van der Waals surface area contributed by atoms with Crippen LogP contribution in [0.25, 0.3) is 0 Å². The number of rotatable bonds is 0. The molecule has 0 atom stereocenters. The van der Waals surface area contributed by atoms with Crippen molar-refractivity contribution in [3.05, 3.63) is 22.8 Å². The third-order valence-electron chi connectivity index (χ3n) is 0.883. The molecule has 5 N–H and O–H groups in total. The minimum atomic E-state index is 0.528. The zero-order valence-corrected chi connectivity index (χ0v) is 6.22. The van der Waals surface area contributed by atoms with Crippen molar-refractivity contribution in [2.75, 3.05) is 0 Å². The molecule has 4 nitrogen and oxygen atoms in total. The number of hydrazine groups is 1. The van der Waals surface area contributed by atoms with E-state index in [9.17, 15) is 0 Å². The molecule has 9 heavy (non-hydrogen) atoms. The van der Waals surface area contributed by atoms with Crippen molar-refractivity contribution in [2.45, 2.75) is 0 Å². The predicted octanol–water partition coefficient (Wildman–Crippen LogP) is -0.283.